The zero-order chi connectivity index (χ0) is 52.8. The summed E-state index contributed by atoms with van der Waals surface area (Å²) in [5, 5.41) is 6.33. The minimum Gasteiger partial charge on any atom is -0.309 e. The van der Waals surface area contributed by atoms with Gasteiger partial charge in [-0.2, -0.15) is 0 Å². The van der Waals surface area contributed by atoms with Gasteiger partial charge >= 0.3 is 0 Å². The van der Waals surface area contributed by atoms with Gasteiger partial charge in [0.05, 0.1) is 72.2 Å². The Morgan fingerprint density at radius 2 is 0.786 bits per heavy atom. The molecule has 0 radical (unpaired) electrons. The molecule has 15 aromatic rings. The van der Waals surface area contributed by atoms with Crippen LogP contribution in [0, 0.1) is 0 Å². The van der Waals surface area contributed by atoms with Crippen molar-refractivity contribution in [1.29, 1.82) is 0 Å². The predicted molar refractivity (Wildman–Crippen MR) is 292 cm³/mol. The van der Waals surface area contributed by atoms with Crippen LogP contribution in [0.1, 0.15) is 11.0 Å². The SMILES string of the molecule is [2H]c1c([2H])c([2H])c2c(c1[2H])c1c([2H])c([2H])c([2H])c([2H])c1n2-c1cc(-c2c(-c3ccc4c5ccccc5n(-c5ccccc5)c4c3)cccc2-n2c3ccccc3c3ccccc32)nc(-n2c3ccccc3c3ccccc32)c1. The predicted octanol–water partition coefficient (Wildman–Crippen LogP) is 16.8. The fourth-order valence-corrected chi connectivity index (χ4v) is 11.1. The highest BCUT2D eigenvalue weighted by Gasteiger charge is 2.24. The highest BCUT2D eigenvalue weighted by atomic mass is 15.1. The number of hydrogen-bond acceptors (Lipinski definition) is 1. The standard InChI is InChI=1S/C65H41N5/c1-2-19-43(20-3-1)67-55-29-11-6-27-52(55)53-38-37-42(39-63(53)67)45-28-18-36-62(69-58-32-14-7-23-48(58)49-24-8-15-33-59(49)69)65(45)54-40-44(68-56-30-12-4-21-46(56)47-22-5-13-31-57(47)68)41-64(66-54)70-60-34-16-9-25-50(60)51-26-10-17-35-61(51)70/h1-41H/i4D,5D,12D,13D,21D,22D,30D,31D. The molecule has 0 aliphatic rings. The summed E-state index contributed by atoms with van der Waals surface area (Å²) in [6.07, 6.45) is 0. The first kappa shape index (κ1) is 31.5. The van der Waals surface area contributed by atoms with Gasteiger partial charge in [-0.3, -0.25) is 4.57 Å². The first-order valence-electron chi connectivity index (χ1n) is 27.3. The molecule has 0 N–H and O–H groups in total. The highest BCUT2D eigenvalue weighted by molar-refractivity contribution is 6.14. The van der Waals surface area contributed by atoms with E-state index in [0.717, 1.165) is 93.5 Å². The van der Waals surface area contributed by atoms with Gasteiger partial charge in [0.25, 0.3) is 0 Å². The number of rotatable bonds is 6. The third-order valence-electron chi connectivity index (χ3n) is 14.0. The first-order valence-corrected chi connectivity index (χ1v) is 23.3. The highest BCUT2D eigenvalue weighted by Crippen LogP contribution is 2.45. The Bertz CT molecular complexity index is 4900. The molecule has 0 fully saturated rings. The van der Waals surface area contributed by atoms with Crippen molar-refractivity contribution < 1.29 is 11.0 Å². The molecule has 0 aliphatic heterocycles. The van der Waals surface area contributed by atoms with Crippen LogP contribution in [-0.2, 0) is 0 Å². The molecular formula is C65H41N5. The van der Waals surface area contributed by atoms with E-state index in [9.17, 15) is 5.48 Å². The van der Waals surface area contributed by atoms with Crippen LogP contribution in [-0.4, -0.2) is 23.3 Å². The molecule has 0 amide bonds. The molecule has 0 spiro atoms. The van der Waals surface area contributed by atoms with E-state index in [1.165, 1.54) is 0 Å². The summed E-state index contributed by atoms with van der Waals surface area (Å²) in [5.41, 5.74) is 11.0. The van der Waals surface area contributed by atoms with Gasteiger partial charge in [0.1, 0.15) is 5.82 Å². The maximum atomic E-state index is 9.58. The van der Waals surface area contributed by atoms with Gasteiger partial charge in [0.2, 0.25) is 0 Å². The molecule has 15 rings (SSSR count). The monoisotopic (exact) mass is 899 g/mol. The van der Waals surface area contributed by atoms with Gasteiger partial charge in [0, 0.05) is 60.4 Å². The minimum atomic E-state index is -0.506. The maximum Gasteiger partial charge on any atom is 0.140 e. The van der Waals surface area contributed by atoms with E-state index in [1.807, 2.05) is 66.7 Å². The Morgan fingerprint density at radius 1 is 0.314 bits per heavy atom. The zero-order valence-electron chi connectivity index (χ0n) is 45.3. The summed E-state index contributed by atoms with van der Waals surface area (Å²) in [4.78, 5) is 5.77. The van der Waals surface area contributed by atoms with Gasteiger partial charge < -0.3 is 13.7 Å². The lowest BCUT2D eigenvalue weighted by atomic mass is 9.94. The van der Waals surface area contributed by atoms with Crippen molar-refractivity contribution >= 4 is 87.2 Å². The summed E-state index contributed by atoms with van der Waals surface area (Å²) < 4.78 is 81.9. The van der Waals surface area contributed by atoms with Crippen LogP contribution < -0.4 is 0 Å². The normalized spacial score (nSPS) is 13.6. The first-order chi connectivity index (χ1) is 38.1. The molecular weight excluding hydrogens is 851 g/mol. The number of pyridine rings is 1. The van der Waals surface area contributed by atoms with Crippen LogP contribution in [0.4, 0.5) is 0 Å². The van der Waals surface area contributed by atoms with Gasteiger partial charge in [-0.1, -0.05) is 170 Å². The van der Waals surface area contributed by atoms with E-state index < -0.39 is 36.3 Å². The lowest BCUT2D eigenvalue weighted by Crippen LogP contribution is -2.06. The van der Waals surface area contributed by atoms with Crippen LogP contribution in [0.25, 0.3) is 132 Å². The molecule has 5 nitrogen and oxygen atoms in total. The Balaban J connectivity index is 1.14. The average Bonchev–Trinajstić information content (AvgIpc) is 4.07. The molecule has 0 atom stereocenters. The number of nitrogens with zero attached hydrogens (tertiary/aromatic N) is 5. The van der Waals surface area contributed by atoms with Crippen molar-refractivity contribution in [2.45, 2.75) is 0 Å². The number of fused-ring (bicyclic) bond motifs is 12. The summed E-state index contributed by atoms with van der Waals surface area (Å²) in [7, 11) is 0. The van der Waals surface area contributed by atoms with Crippen molar-refractivity contribution in [3.63, 3.8) is 0 Å². The molecule has 0 saturated heterocycles. The molecule has 10 aromatic carbocycles. The average molecular weight is 900 g/mol. The molecule has 326 valence electrons. The van der Waals surface area contributed by atoms with E-state index >= 15 is 0 Å². The fourth-order valence-electron chi connectivity index (χ4n) is 11.1. The van der Waals surface area contributed by atoms with Gasteiger partial charge in [-0.25, -0.2) is 4.98 Å². The van der Waals surface area contributed by atoms with Gasteiger partial charge in [-0.15, -0.1) is 0 Å². The topological polar surface area (TPSA) is 32.6 Å². The molecule has 5 heterocycles. The second-order valence-corrected chi connectivity index (χ2v) is 17.7. The van der Waals surface area contributed by atoms with Crippen LogP contribution in [0.3, 0.4) is 0 Å². The summed E-state index contributed by atoms with van der Waals surface area (Å²) in [6, 6.07) is 64.9. The molecule has 0 aliphatic carbocycles. The molecule has 5 heteroatoms. The summed E-state index contributed by atoms with van der Waals surface area (Å²) in [5.74, 6) is 0.471. The Hall–Kier alpha value is -9.45. The zero-order valence-corrected chi connectivity index (χ0v) is 37.3. The summed E-state index contributed by atoms with van der Waals surface area (Å²) in [6.45, 7) is 0. The second-order valence-electron chi connectivity index (χ2n) is 17.7. The number of aromatic nitrogens is 5. The van der Waals surface area contributed by atoms with Crippen molar-refractivity contribution in [2.24, 2.45) is 0 Å². The molecule has 5 aromatic heterocycles. The maximum absolute atomic E-state index is 9.58. The van der Waals surface area contributed by atoms with E-state index in [1.54, 1.807) is 4.57 Å². The van der Waals surface area contributed by atoms with Gasteiger partial charge in [0.15, 0.2) is 0 Å². The van der Waals surface area contributed by atoms with Crippen LogP contribution >= 0.6 is 0 Å². The fraction of sp³-hybridized carbons (Fsp3) is 0. The lowest BCUT2D eigenvalue weighted by molar-refractivity contribution is 1.06. The van der Waals surface area contributed by atoms with E-state index in [2.05, 4.69) is 147 Å². The Morgan fingerprint density at radius 3 is 1.36 bits per heavy atom. The molecule has 0 saturated carbocycles. The third kappa shape index (κ3) is 5.57. The van der Waals surface area contributed by atoms with E-state index in [-0.39, 0.29) is 33.9 Å². The Labute approximate surface area is 413 Å². The second kappa shape index (κ2) is 15.0. The lowest BCUT2D eigenvalue weighted by Gasteiger charge is -2.20. The molecule has 70 heavy (non-hydrogen) atoms. The number of para-hydroxylation sites is 8. The van der Waals surface area contributed by atoms with Crippen LogP contribution in [0.5, 0.6) is 0 Å². The third-order valence-corrected chi connectivity index (χ3v) is 14.0. The van der Waals surface area contributed by atoms with E-state index in [0.29, 0.717) is 17.2 Å². The smallest absolute Gasteiger partial charge is 0.140 e. The quantitative estimate of drug-likeness (QED) is 0.164. The molecule has 0 bridgehead atoms. The van der Waals surface area contributed by atoms with Crippen molar-refractivity contribution in [3.05, 3.63) is 249 Å². The number of hydrogen-bond donors (Lipinski definition) is 0. The Kier molecular flexibility index (Phi) is 6.76. The molecule has 0 unspecified atom stereocenters. The van der Waals surface area contributed by atoms with Crippen molar-refractivity contribution in [3.8, 4) is 45.3 Å². The van der Waals surface area contributed by atoms with Gasteiger partial charge in [-0.05, 0) is 83.9 Å². The van der Waals surface area contributed by atoms with Crippen LogP contribution in [0.15, 0.2) is 249 Å². The largest absolute Gasteiger partial charge is 0.309 e. The van der Waals surface area contributed by atoms with Crippen LogP contribution in [0.2, 0.25) is 0 Å². The van der Waals surface area contributed by atoms with E-state index in [4.69, 9.17) is 10.5 Å². The summed E-state index contributed by atoms with van der Waals surface area (Å²) >= 11 is 0. The van der Waals surface area contributed by atoms with Crippen molar-refractivity contribution in [2.75, 3.05) is 0 Å². The van der Waals surface area contributed by atoms with Crippen molar-refractivity contribution in [1.82, 2.24) is 23.3 Å². The number of benzene rings is 10. The minimum absolute atomic E-state index is 0.00625.